The van der Waals surface area contributed by atoms with E-state index < -0.39 is 0 Å². The van der Waals surface area contributed by atoms with E-state index >= 15 is 0 Å². The molecule has 5 nitrogen and oxygen atoms in total. The minimum absolute atomic E-state index is 0.278. The van der Waals surface area contributed by atoms with Gasteiger partial charge in [-0.1, -0.05) is 5.16 Å². The summed E-state index contributed by atoms with van der Waals surface area (Å²) in [5.74, 6) is 0.522. The molecule has 0 bridgehead atoms. The Morgan fingerprint density at radius 2 is 2.06 bits per heavy atom. The lowest BCUT2D eigenvalue weighted by atomic mass is 9.92. The molecule has 1 saturated heterocycles. The highest BCUT2D eigenvalue weighted by molar-refractivity contribution is 5.02. The molecule has 1 saturated carbocycles. The summed E-state index contributed by atoms with van der Waals surface area (Å²) >= 11 is 0. The fourth-order valence-electron chi connectivity index (χ4n) is 2.67. The van der Waals surface area contributed by atoms with Gasteiger partial charge >= 0.3 is 0 Å². The normalized spacial score (nSPS) is 23.8. The molecule has 2 heterocycles. The zero-order valence-corrected chi connectivity index (χ0v) is 10.7. The summed E-state index contributed by atoms with van der Waals surface area (Å²) in [6.07, 6.45) is 4.10. The van der Waals surface area contributed by atoms with Crippen LogP contribution in [0.3, 0.4) is 0 Å². The molecule has 0 aromatic carbocycles. The first-order chi connectivity index (χ1) is 8.76. The highest BCUT2D eigenvalue weighted by atomic mass is 16.7. The minimum atomic E-state index is -0.301. The van der Waals surface area contributed by atoms with Crippen molar-refractivity contribution >= 4 is 0 Å². The zero-order valence-electron chi connectivity index (χ0n) is 10.7. The van der Waals surface area contributed by atoms with E-state index in [1.165, 1.54) is 0 Å². The monoisotopic (exact) mass is 253 g/mol. The van der Waals surface area contributed by atoms with Crippen molar-refractivity contribution in [3.63, 3.8) is 0 Å². The summed E-state index contributed by atoms with van der Waals surface area (Å²) < 4.78 is 22.2. The molecule has 18 heavy (non-hydrogen) atoms. The number of ether oxygens (including phenoxy) is 3. The van der Waals surface area contributed by atoms with Crippen molar-refractivity contribution in [3.8, 4) is 0 Å². The number of hydrogen-bond acceptors (Lipinski definition) is 5. The lowest BCUT2D eigenvalue weighted by molar-refractivity contribution is -0.192. The van der Waals surface area contributed by atoms with E-state index in [0.717, 1.165) is 50.4 Å². The maximum Gasteiger partial charge on any atom is 0.168 e. The van der Waals surface area contributed by atoms with Crippen molar-refractivity contribution < 1.29 is 18.7 Å². The molecule has 2 aliphatic rings. The lowest BCUT2D eigenvalue weighted by Crippen LogP contribution is -2.37. The average molecular weight is 253 g/mol. The van der Waals surface area contributed by atoms with Gasteiger partial charge in [-0.2, -0.15) is 0 Å². The molecule has 1 aliphatic carbocycles. The molecule has 0 N–H and O–H groups in total. The molecule has 1 spiro atoms. The number of aromatic nitrogens is 1. The van der Waals surface area contributed by atoms with Gasteiger partial charge in [0.15, 0.2) is 5.79 Å². The minimum Gasteiger partial charge on any atom is -0.372 e. The molecule has 1 aromatic heterocycles. The molecule has 0 atom stereocenters. The van der Waals surface area contributed by atoms with Gasteiger partial charge in [0.2, 0.25) is 0 Å². The molecule has 0 radical (unpaired) electrons. The topological polar surface area (TPSA) is 53.7 Å². The van der Waals surface area contributed by atoms with Gasteiger partial charge in [-0.25, -0.2) is 0 Å². The fraction of sp³-hybridized carbons (Fsp3) is 0.769. The summed E-state index contributed by atoms with van der Waals surface area (Å²) in [5, 5.41) is 3.92. The highest BCUT2D eigenvalue weighted by Crippen LogP contribution is 2.36. The molecular formula is C13H19NO4. The van der Waals surface area contributed by atoms with Gasteiger partial charge in [-0.05, 0) is 19.8 Å². The summed E-state index contributed by atoms with van der Waals surface area (Å²) in [7, 11) is 0. The van der Waals surface area contributed by atoms with E-state index in [2.05, 4.69) is 5.16 Å². The number of hydrogen-bond donors (Lipinski definition) is 0. The van der Waals surface area contributed by atoms with Gasteiger partial charge in [-0.15, -0.1) is 0 Å². The van der Waals surface area contributed by atoms with Crippen LogP contribution in [0.4, 0.5) is 0 Å². The van der Waals surface area contributed by atoms with Gasteiger partial charge in [-0.3, -0.25) is 0 Å². The predicted octanol–water partition coefficient (Wildman–Crippen LogP) is 2.19. The van der Waals surface area contributed by atoms with E-state index in [0.29, 0.717) is 6.61 Å². The Balaban J connectivity index is 1.45. The Morgan fingerprint density at radius 1 is 1.33 bits per heavy atom. The first-order valence-corrected chi connectivity index (χ1v) is 6.57. The second-order valence-electron chi connectivity index (χ2n) is 5.05. The van der Waals surface area contributed by atoms with Gasteiger partial charge in [0.05, 0.1) is 25.9 Å². The van der Waals surface area contributed by atoms with Crippen molar-refractivity contribution in [1.29, 1.82) is 0 Å². The fourth-order valence-corrected chi connectivity index (χ4v) is 2.67. The first-order valence-electron chi connectivity index (χ1n) is 6.57. The van der Waals surface area contributed by atoms with Crippen LogP contribution in [0.25, 0.3) is 0 Å². The molecular weight excluding hydrogens is 234 g/mol. The summed E-state index contributed by atoms with van der Waals surface area (Å²) in [5.41, 5.74) is 0.862. The Bertz CT molecular complexity index is 387. The summed E-state index contributed by atoms with van der Waals surface area (Å²) in [6, 6.07) is 1.91. The average Bonchev–Trinajstić information content (AvgIpc) is 2.99. The Morgan fingerprint density at radius 3 is 2.67 bits per heavy atom. The van der Waals surface area contributed by atoms with Crippen LogP contribution in [-0.4, -0.2) is 30.3 Å². The van der Waals surface area contributed by atoms with Crippen molar-refractivity contribution in [2.45, 2.75) is 51.1 Å². The van der Waals surface area contributed by atoms with Crippen LogP contribution in [0.2, 0.25) is 0 Å². The van der Waals surface area contributed by atoms with Crippen LogP contribution < -0.4 is 0 Å². The van der Waals surface area contributed by atoms with E-state index in [1.807, 2.05) is 13.0 Å². The van der Waals surface area contributed by atoms with Gasteiger partial charge in [0.1, 0.15) is 11.5 Å². The van der Waals surface area contributed by atoms with Crippen molar-refractivity contribution in [3.05, 3.63) is 17.5 Å². The third-order valence-electron chi connectivity index (χ3n) is 3.65. The first kappa shape index (κ1) is 12.1. The van der Waals surface area contributed by atoms with Crippen molar-refractivity contribution in [2.24, 2.45) is 0 Å². The van der Waals surface area contributed by atoms with Crippen LogP contribution in [0, 0.1) is 6.92 Å². The molecule has 3 rings (SSSR count). The van der Waals surface area contributed by atoms with Crippen LogP contribution in [0.1, 0.15) is 37.1 Å². The van der Waals surface area contributed by atoms with Gasteiger partial charge < -0.3 is 18.7 Å². The standard InChI is InChI=1S/C13H19NO4/c1-10-8-11(14-18-10)9-15-12-2-4-13(5-3-12)16-6-7-17-13/h8,12H,2-7,9H2,1H3. The largest absolute Gasteiger partial charge is 0.372 e. The van der Waals surface area contributed by atoms with E-state index in [1.54, 1.807) is 0 Å². The van der Waals surface area contributed by atoms with Crippen molar-refractivity contribution in [2.75, 3.05) is 13.2 Å². The number of nitrogens with zero attached hydrogens (tertiary/aromatic N) is 1. The third kappa shape index (κ3) is 2.58. The smallest absolute Gasteiger partial charge is 0.168 e. The molecule has 100 valence electrons. The summed E-state index contributed by atoms with van der Waals surface area (Å²) in [4.78, 5) is 0. The van der Waals surface area contributed by atoms with Crippen molar-refractivity contribution in [1.82, 2.24) is 5.16 Å². The van der Waals surface area contributed by atoms with Crippen LogP contribution in [0.5, 0.6) is 0 Å². The van der Waals surface area contributed by atoms with E-state index in [9.17, 15) is 0 Å². The van der Waals surface area contributed by atoms with Crippen LogP contribution >= 0.6 is 0 Å². The SMILES string of the molecule is Cc1cc(COC2CCC3(CC2)OCCO3)no1. The van der Waals surface area contributed by atoms with Crippen LogP contribution in [-0.2, 0) is 20.8 Å². The predicted molar refractivity (Wildman–Crippen MR) is 62.9 cm³/mol. The lowest BCUT2D eigenvalue weighted by Gasteiger charge is -2.35. The second-order valence-corrected chi connectivity index (χ2v) is 5.05. The summed E-state index contributed by atoms with van der Waals surface area (Å²) in [6.45, 7) is 3.86. The van der Waals surface area contributed by atoms with E-state index in [-0.39, 0.29) is 11.9 Å². The number of aryl methyl sites for hydroxylation is 1. The van der Waals surface area contributed by atoms with E-state index in [4.69, 9.17) is 18.7 Å². The second kappa shape index (κ2) is 4.99. The maximum absolute atomic E-state index is 5.85. The molecule has 1 aromatic rings. The maximum atomic E-state index is 5.85. The molecule has 0 unspecified atom stereocenters. The molecule has 1 aliphatic heterocycles. The Labute approximate surface area is 106 Å². The Hall–Kier alpha value is -0.910. The number of rotatable bonds is 3. The molecule has 5 heteroatoms. The quantitative estimate of drug-likeness (QED) is 0.826. The van der Waals surface area contributed by atoms with Crippen LogP contribution in [0.15, 0.2) is 10.6 Å². The molecule has 2 fully saturated rings. The highest BCUT2D eigenvalue weighted by Gasteiger charge is 2.40. The van der Waals surface area contributed by atoms with Gasteiger partial charge in [0, 0.05) is 18.9 Å². The zero-order chi connectivity index (χ0) is 12.4. The Kier molecular flexibility index (Phi) is 3.37. The molecule has 0 amide bonds. The van der Waals surface area contributed by atoms with Gasteiger partial charge in [0.25, 0.3) is 0 Å². The third-order valence-corrected chi connectivity index (χ3v) is 3.65.